The number of ether oxygens (including phenoxy) is 1. The van der Waals surface area contributed by atoms with Crippen molar-refractivity contribution in [3.05, 3.63) is 82.9 Å². The quantitative estimate of drug-likeness (QED) is 0.549. The SMILES string of the molecule is Cc1cccc(NC(=O)COc2ccc(S(=O)(=O)Nc3ccc(Cl)cc3)cc2C)c1. The van der Waals surface area contributed by atoms with Crippen LogP contribution in [0.2, 0.25) is 5.02 Å². The Balaban J connectivity index is 1.64. The van der Waals surface area contributed by atoms with Crippen molar-refractivity contribution < 1.29 is 17.9 Å². The lowest BCUT2D eigenvalue weighted by Gasteiger charge is -2.12. The molecule has 0 unspecified atom stereocenters. The van der Waals surface area contributed by atoms with Gasteiger partial charge in [0, 0.05) is 16.4 Å². The molecule has 0 fully saturated rings. The number of amides is 1. The average Bonchev–Trinajstić information content (AvgIpc) is 2.68. The predicted octanol–water partition coefficient (Wildman–Crippen LogP) is 4.78. The van der Waals surface area contributed by atoms with Gasteiger partial charge >= 0.3 is 0 Å². The van der Waals surface area contributed by atoms with E-state index in [9.17, 15) is 13.2 Å². The molecule has 2 N–H and O–H groups in total. The summed E-state index contributed by atoms with van der Waals surface area (Å²) in [6.07, 6.45) is 0. The number of carbonyl (C=O) groups is 1. The van der Waals surface area contributed by atoms with Gasteiger partial charge in [-0.3, -0.25) is 9.52 Å². The third-order valence-electron chi connectivity index (χ3n) is 4.21. The number of hydrogen-bond acceptors (Lipinski definition) is 4. The van der Waals surface area contributed by atoms with Crippen molar-refractivity contribution in [2.45, 2.75) is 18.7 Å². The van der Waals surface area contributed by atoms with Gasteiger partial charge in [-0.2, -0.15) is 0 Å². The molecule has 0 spiro atoms. The molecule has 0 aromatic heterocycles. The van der Waals surface area contributed by atoms with Crippen LogP contribution in [0.1, 0.15) is 11.1 Å². The second kappa shape index (κ2) is 9.19. The molecule has 0 heterocycles. The van der Waals surface area contributed by atoms with Crippen molar-refractivity contribution in [2.24, 2.45) is 0 Å². The Hall–Kier alpha value is -3.03. The summed E-state index contributed by atoms with van der Waals surface area (Å²) in [6.45, 7) is 3.46. The number of aryl methyl sites for hydroxylation is 2. The van der Waals surface area contributed by atoms with Crippen molar-refractivity contribution >= 4 is 38.9 Å². The van der Waals surface area contributed by atoms with Crippen molar-refractivity contribution in [2.75, 3.05) is 16.6 Å². The van der Waals surface area contributed by atoms with Crippen molar-refractivity contribution in [3.8, 4) is 5.75 Å². The number of carbonyl (C=O) groups excluding carboxylic acids is 1. The summed E-state index contributed by atoms with van der Waals surface area (Å²) in [6, 6.07) is 18.3. The van der Waals surface area contributed by atoms with E-state index < -0.39 is 10.0 Å². The monoisotopic (exact) mass is 444 g/mol. The van der Waals surface area contributed by atoms with Gasteiger partial charge in [0.1, 0.15) is 5.75 Å². The molecule has 3 rings (SSSR count). The number of sulfonamides is 1. The Morgan fingerprint density at radius 3 is 2.37 bits per heavy atom. The van der Waals surface area contributed by atoms with Crippen LogP contribution in [-0.4, -0.2) is 20.9 Å². The van der Waals surface area contributed by atoms with Crippen LogP contribution < -0.4 is 14.8 Å². The summed E-state index contributed by atoms with van der Waals surface area (Å²) < 4.78 is 33.3. The highest BCUT2D eigenvalue weighted by Crippen LogP contribution is 2.24. The summed E-state index contributed by atoms with van der Waals surface area (Å²) in [7, 11) is -3.77. The Morgan fingerprint density at radius 1 is 0.967 bits per heavy atom. The van der Waals surface area contributed by atoms with Gasteiger partial charge in [0.05, 0.1) is 4.90 Å². The zero-order chi connectivity index (χ0) is 21.7. The molecule has 0 atom stereocenters. The van der Waals surface area contributed by atoms with E-state index in [1.807, 2.05) is 25.1 Å². The minimum absolute atomic E-state index is 0.0894. The molecule has 3 aromatic carbocycles. The third kappa shape index (κ3) is 5.75. The van der Waals surface area contributed by atoms with Crippen LogP contribution in [0.3, 0.4) is 0 Å². The van der Waals surface area contributed by atoms with E-state index >= 15 is 0 Å². The highest BCUT2D eigenvalue weighted by atomic mass is 35.5. The van der Waals surface area contributed by atoms with Gasteiger partial charge in [0.2, 0.25) is 0 Å². The Labute approximate surface area is 180 Å². The van der Waals surface area contributed by atoms with E-state index in [-0.39, 0.29) is 17.4 Å². The molecular weight excluding hydrogens is 424 g/mol. The largest absolute Gasteiger partial charge is 0.483 e. The number of rotatable bonds is 7. The van der Waals surface area contributed by atoms with Crippen LogP contribution in [0.25, 0.3) is 0 Å². The molecule has 0 aliphatic heterocycles. The summed E-state index contributed by atoms with van der Waals surface area (Å²) in [5, 5.41) is 3.28. The molecule has 0 saturated carbocycles. The lowest BCUT2D eigenvalue weighted by Crippen LogP contribution is -2.20. The van der Waals surface area contributed by atoms with E-state index in [2.05, 4.69) is 10.0 Å². The Kier molecular flexibility index (Phi) is 6.64. The maximum Gasteiger partial charge on any atom is 0.262 e. The molecule has 0 saturated heterocycles. The standard InChI is InChI=1S/C22H21ClN2O4S/c1-15-4-3-5-19(12-15)24-22(26)14-29-21-11-10-20(13-16(21)2)30(27,28)25-18-8-6-17(23)7-9-18/h3-13,25H,14H2,1-2H3,(H,24,26). The Morgan fingerprint density at radius 2 is 1.70 bits per heavy atom. The van der Waals surface area contributed by atoms with Crippen LogP contribution in [0.5, 0.6) is 5.75 Å². The number of hydrogen-bond donors (Lipinski definition) is 2. The van der Waals surface area contributed by atoms with Gasteiger partial charge in [0.15, 0.2) is 6.61 Å². The second-order valence-corrected chi connectivity index (χ2v) is 8.86. The summed E-state index contributed by atoms with van der Waals surface area (Å²) in [5.74, 6) is 0.126. The Bertz CT molecular complexity index is 1160. The molecule has 156 valence electrons. The van der Waals surface area contributed by atoms with Gasteiger partial charge in [0.25, 0.3) is 15.9 Å². The van der Waals surface area contributed by atoms with Crippen LogP contribution in [0.15, 0.2) is 71.6 Å². The van der Waals surface area contributed by atoms with E-state index in [1.54, 1.807) is 37.3 Å². The maximum atomic E-state index is 12.6. The van der Waals surface area contributed by atoms with Gasteiger partial charge in [-0.15, -0.1) is 0 Å². The predicted molar refractivity (Wildman–Crippen MR) is 119 cm³/mol. The smallest absolute Gasteiger partial charge is 0.262 e. The first-order valence-corrected chi connectivity index (χ1v) is 11.0. The number of halogens is 1. The van der Waals surface area contributed by atoms with Crippen LogP contribution in [0.4, 0.5) is 11.4 Å². The summed E-state index contributed by atoms with van der Waals surface area (Å²) in [5.41, 5.74) is 2.73. The minimum Gasteiger partial charge on any atom is -0.483 e. The lowest BCUT2D eigenvalue weighted by atomic mass is 10.2. The summed E-state index contributed by atoms with van der Waals surface area (Å²) >= 11 is 5.82. The van der Waals surface area contributed by atoms with Crippen molar-refractivity contribution in [1.82, 2.24) is 0 Å². The van der Waals surface area contributed by atoms with Crippen LogP contribution in [-0.2, 0) is 14.8 Å². The molecule has 30 heavy (non-hydrogen) atoms. The first-order valence-electron chi connectivity index (χ1n) is 9.11. The summed E-state index contributed by atoms with van der Waals surface area (Å²) in [4.78, 5) is 12.2. The first-order chi connectivity index (χ1) is 14.2. The minimum atomic E-state index is -3.77. The molecule has 0 aliphatic rings. The van der Waals surface area contributed by atoms with Gasteiger partial charge < -0.3 is 10.1 Å². The number of nitrogens with one attached hydrogen (secondary N) is 2. The van der Waals surface area contributed by atoms with Gasteiger partial charge in [-0.05, 0) is 79.6 Å². The van der Waals surface area contributed by atoms with E-state index in [1.165, 1.54) is 18.2 Å². The van der Waals surface area contributed by atoms with E-state index in [0.29, 0.717) is 27.7 Å². The van der Waals surface area contributed by atoms with Crippen molar-refractivity contribution in [3.63, 3.8) is 0 Å². The second-order valence-electron chi connectivity index (χ2n) is 6.75. The maximum absolute atomic E-state index is 12.6. The van der Waals surface area contributed by atoms with E-state index in [0.717, 1.165) is 5.56 Å². The molecular formula is C22H21ClN2O4S. The molecule has 6 nitrogen and oxygen atoms in total. The van der Waals surface area contributed by atoms with Crippen LogP contribution >= 0.6 is 11.6 Å². The molecule has 0 bridgehead atoms. The molecule has 8 heteroatoms. The highest BCUT2D eigenvalue weighted by molar-refractivity contribution is 7.92. The normalized spacial score (nSPS) is 11.0. The van der Waals surface area contributed by atoms with Crippen LogP contribution in [0, 0.1) is 13.8 Å². The highest BCUT2D eigenvalue weighted by Gasteiger charge is 2.16. The fourth-order valence-corrected chi connectivity index (χ4v) is 4.02. The number of benzene rings is 3. The average molecular weight is 445 g/mol. The van der Waals surface area contributed by atoms with E-state index in [4.69, 9.17) is 16.3 Å². The first kappa shape index (κ1) is 21.7. The molecule has 0 radical (unpaired) electrons. The fourth-order valence-electron chi connectivity index (χ4n) is 2.75. The zero-order valence-corrected chi connectivity index (χ0v) is 18.0. The number of anilines is 2. The lowest BCUT2D eigenvalue weighted by molar-refractivity contribution is -0.118. The topological polar surface area (TPSA) is 84.5 Å². The van der Waals surface area contributed by atoms with Crippen molar-refractivity contribution in [1.29, 1.82) is 0 Å². The fraction of sp³-hybridized carbons (Fsp3) is 0.136. The molecule has 0 aliphatic carbocycles. The zero-order valence-electron chi connectivity index (χ0n) is 16.5. The van der Waals surface area contributed by atoms with Gasteiger partial charge in [-0.1, -0.05) is 23.7 Å². The van der Waals surface area contributed by atoms with Gasteiger partial charge in [-0.25, -0.2) is 8.42 Å². The molecule has 3 aromatic rings. The molecule has 1 amide bonds. The third-order valence-corrected chi connectivity index (χ3v) is 5.84.